The van der Waals surface area contributed by atoms with Crippen molar-refractivity contribution >= 4 is 23.1 Å². The lowest BCUT2D eigenvalue weighted by Crippen LogP contribution is -2.16. The van der Waals surface area contributed by atoms with Crippen LogP contribution in [0.25, 0.3) is 0 Å². The number of hydrogen-bond acceptors (Lipinski definition) is 5. The molecule has 2 aromatic carbocycles. The number of benzene rings is 2. The third kappa shape index (κ3) is 5.40. The maximum Gasteiger partial charge on any atom is 0.416 e. The van der Waals surface area contributed by atoms with Crippen LogP contribution in [0.3, 0.4) is 0 Å². The second kappa shape index (κ2) is 9.33. The summed E-state index contributed by atoms with van der Waals surface area (Å²) in [7, 11) is 0. The van der Waals surface area contributed by atoms with Gasteiger partial charge in [0.1, 0.15) is 11.9 Å². The first-order valence-electron chi connectivity index (χ1n) is 9.39. The predicted octanol–water partition coefficient (Wildman–Crippen LogP) is 4.57. The van der Waals surface area contributed by atoms with Crippen molar-refractivity contribution in [1.29, 1.82) is 0 Å². The average Bonchev–Trinajstić information content (AvgIpc) is 2.74. The van der Waals surface area contributed by atoms with Crippen molar-refractivity contribution < 1.29 is 32.6 Å². The SMILES string of the molecule is Cc1ccccc1Nc1ncc(C(O)CO)cc1NC(=O)c1cc(F)cc(C(F)(F)F)c1. The van der Waals surface area contributed by atoms with Gasteiger partial charge in [-0.3, -0.25) is 4.79 Å². The van der Waals surface area contributed by atoms with Gasteiger partial charge in [-0.2, -0.15) is 13.2 Å². The van der Waals surface area contributed by atoms with Crippen LogP contribution >= 0.6 is 0 Å². The Kier molecular flexibility index (Phi) is 6.75. The molecule has 0 saturated heterocycles. The van der Waals surface area contributed by atoms with E-state index in [1.807, 2.05) is 19.1 Å². The topological polar surface area (TPSA) is 94.5 Å². The Hall–Kier alpha value is -3.50. The molecule has 0 fully saturated rings. The number of aryl methyl sites for hydroxylation is 1. The van der Waals surface area contributed by atoms with E-state index in [1.165, 1.54) is 12.3 Å². The summed E-state index contributed by atoms with van der Waals surface area (Å²) in [6.07, 6.45) is -4.85. The number of carbonyl (C=O) groups is 1. The number of nitrogens with zero attached hydrogens (tertiary/aromatic N) is 1. The minimum Gasteiger partial charge on any atom is -0.393 e. The number of nitrogens with one attached hydrogen (secondary N) is 2. The number of anilines is 3. The fourth-order valence-electron chi connectivity index (χ4n) is 2.88. The van der Waals surface area contributed by atoms with Crippen molar-refractivity contribution in [1.82, 2.24) is 4.98 Å². The lowest BCUT2D eigenvalue weighted by atomic mass is 10.1. The standard InChI is InChI=1S/C22H19F4N3O3/c1-12-4-2-3-5-17(12)28-20-18(8-14(10-27-20)19(31)11-30)29-21(32)13-6-15(22(24,25)26)9-16(23)7-13/h2-10,19,30-31H,11H2,1H3,(H,27,28)(H,29,32). The Balaban J connectivity index is 1.99. The molecule has 1 amide bonds. The summed E-state index contributed by atoms with van der Waals surface area (Å²) >= 11 is 0. The van der Waals surface area contributed by atoms with Crippen LogP contribution < -0.4 is 10.6 Å². The lowest BCUT2D eigenvalue weighted by Gasteiger charge is -2.17. The largest absolute Gasteiger partial charge is 0.416 e. The zero-order chi connectivity index (χ0) is 23.5. The van der Waals surface area contributed by atoms with E-state index < -0.39 is 41.7 Å². The Morgan fingerprint density at radius 3 is 2.50 bits per heavy atom. The van der Waals surface area contributed by atoms with Gasteiger partial charge in [-0.25, -0.2) is 9.37 Å². The highest BCUT2D eigenvalue weighted by Crippen LogP contribution is 2.32. The molecule has 1 atom stereocenters. The predicted molar refractivity (Wildman–Crippen MR) is 110 cm³/mol. The summed E-state index contributed by atoms with van der Waals surface area (Å²) in [5.74, 6) is -2.10. The fourth-order valence-corrected chi connectivity index (χ4v) is 2.88. The van der Waals surface area contributed by atoms with Gasteiger partial charge in [0, 0.05) is 23.0 Å². The van der Waals surface area contributed by atoms with E-state index in [4.69, 9.17) is 0 Å². The highest BCUT2D eigenvalue weighted by molar-refractivity contribution is 6.06. The first-order chi connectivity index (χ1) is 15.1. The molecule has 1 heterocycles. The van der Waals surface area contributed by atoms with Crippen molar-refractivity contribution in [3.05, 3.63) is 82.8 Å². The van der Waals surface area contributed by atoms with Crippen LogP contribution in [0.5, 0.6) is 0 Å². The van der Waals surface area contributed by atoms with Gasteiger partial charge in [0.2, 0.25) is 0 Å². The number of amides is 1. The molecule has 0 aliphatic heterocycles. The number of aliphatic hydroxyl groups excluding tert-OH is 2. The Bertz CT molecular complexity index is 1140. The van der Waals surface area contributed by atoms with Gasteiger partial charge in [-0.1, -0.05) is 18.2 Å². The molecule has 10 heteroatoms. The number of para-hydroxylation sites is 1. The molecule has 0 aliphatic carbocycles. The van der Waals surface area contributed by atoms with E-state index in [0.717, 1.165) is 5.56 Å². The number of aromatic nitrogens is 1. The smallest absolute Gasteiger partial charge is 0.393 e. The molecule has 32 heavy (non-hydrogen) atoms. The van der Waals surface area contributed by atoms with Gasteiger partial charge < -0.3 is 20.8 Å². The highest BCUT2D eigenvalue weighted by Gasteiger charge is 2.32. The molecule has 168 valence electrons. The second-order valence-electron chi connectivity index (χ2n) is 6.98. The molecule has 4 N–H and O–H groups in total. The average molecular weight is 449 g/mol. The second-order valence-corrected chi connectivity index (χ2v) is 6.98. The van der Waals surface area contributed by atoms with Crippen molar-refractivity contribution in [2.45, 2.75) is 19.2 Å². The molecular weight excluding hydrogens is 430 g/mol. The van der Waals surface area contributed by atoms with Crippen molar-refractivity contribution in [3.63, 3.8) is 0 Å². The minimum absolute atomic E-state index is 0.0149. The van der Waals surface area contributed by atoms with Crippen molar-refractivity contribution in [2.75, 3.05) is 17.2 Å². The molecule has 1 aromatic heterocycles. The Morgan fingerprint density at radius 2 is 1.84 bits per heavy atom. The lowest BCUT2D eigenvalue weighted by molar-refractivity contribution is -0.137. The summed E-state index contributed by atoms with van der Waals surface area (Å²) in [4.78, 5) is 16.8. The molecule has 3 rings (SSSR count). The quantitative estimate of drug-likeness (QED) is 0.414. The summed E-state index contributed by atoms with van der Waals surface area (Å²) in [6.45, 7) is 1.22. The van der Waals surface area contributed by atoms with E-state index in [-0.39, 0.29) is 17.1 Å². The van der Waals surface area contributed by atoms with Crippen LogP contribution in [0.2, 0.25) is 0 Å². The zero-order valence-corrected chi connectivity index (χ0v) is 16.7. The van der Waals surface area contributed by atoms with E-state index >= 15 is 0 Å². The van der Waals surface area contributed by atoms with Gasteiger partial charge in [0.05, 0.1) is 17.9 Å². The third-order valence-corrected chi connectivity index (χ3v) is 4.60. The number of halogens is 4. The Morgan fingerprint density at radius 1 is 1.12 bits per heavy atom. The number of carbonyl (C=O) groups excluding carboxylic acids is 1. The summed E-state index contributed by atoms with van der Waals surface area (Å²) < 4.78 is 52.7. The molecule has 1 unspecified atom stereocenters. The van der Waals surface area contributed by atoms with Gasteiger partial charge in [-0.05, 0) is 42.8 Å². The molecule has 3 aromatic rings. The number of hydrogen-bond donors (Lipinski definition) is 4. The van der Waals surface area contributed by atoms with Crippen LogP contribution in [-0.4, -0.2) is 27.7 Å². The van der Waals surface area contributed by atoms with Gasteiger partial charge in [0.25, 0.3) is 5.91 Å². The highest BCUT2D eigenvalue weighted by atomic mass is 19.4. The molecular formula is C22H19F4N3O3. The van der Waals surface area contributed by atoms with Gasteiger partial charge >= 0.3 is 6.18 Å². The molecule has 0 aliphatic rings. The number of rotatable bonds is 6. The van der Waals surface area contributed by atoms with E-state index in [1.54, 1.807) is 12.1 Å². The van der Waals surface area contributed by atoms with Crippen molar-refractivity contribution in [2.24, 2.45) is 0 Å². The van der Waals surface area contributed by atoms with Crippen LogP contribution in [0, 0.1) is 12.7 Å². The summed E-state index contributed by atoms with van der Waals surface area (Å²) in [6, 6.07) is 9.99. The first kappa shape index (κ1) is 23.2. The number of alkyl halides is 3. The molecule has 0 spiro atoms. The van der Waals surface area contributed by atoms with E-state index in [2.05, 4.69) is 15.6 Å². The normalized spacial score (nSPS) is 12.3. The van der Waals surface area contributed by atoms with Gasteiger partial charge in [-0.15, -0.1) is 0 Å². The molecule has 0 saturated carbocycles. The van der Waals surface area contributed by atoms with Crippen LogP contribution in [0.1, 0.15) is 33.2 Å². The maximum atomic E-state index is 13.7. The van der Waals surface area contributed by atoms with Gasteiger partial charge in [0.15, 0.2) is 5.82 Å². The Labute approximate surface area is 180 Å². The number of aliphatic hydroxyl groups is 2. The fraction of sp³-hybridized carbons (Fsp3) is 0.182. The first-order valence-corrected chi connectivity index (χ1v) is 9.39. The third-order valence-electron chi connectivity index (χ3n) is 4.60. The van der Waals surface area contributed by atoms with E-state index in [9.17, 15) is 32.6 Å². The maximum absolute atomic E-state index is 13.7. The zero-order valence-electron chi connectivity index (χ0n) is 16.7. The molecule has 6 nitrogen and oxygen atoms in total. The van der Waals surface area contributed by atoms with Crippen molar-refractivity contribution in [3.8, 4) is 0 Å². The summed E-state index contributed by atoms with van der Waals surface area (Å²) in [5, 5.41) is 24.5. The monoisotopic (exact) mass is 449 g/mol. The van der Waals surface area contributed by atoms with Crippen LogP contribution in [-0.2, 0) is 6.18 Å². The molecule has 0 radical (unpaired) electrons. The van der Waals surface area contributed by atoms with E-state index in [0.29, 0.717) is 23.9 Å². The molecule has 0 bridgehead atoms. The van der Waals surface area contributed by atoms with Crippen LogP contribution in [0.15, 0.2) is 54.7 Å². The summed E-state index contributed by atoms with van der Waals surface area (Å²) in [5.41, 5.74) is -0.174. The number of pyridine rings is 1. The minimum atomic E-state index is -4.83. The van der Waals surface area contributed by atoms with Crippen LogP contribution in [0.4, 0.5) is 34.8 Å².